The van der Waals surface area contributed by atoms with E-state index in [2.05, 4.69) is 5.32 Å². The van der Waals surface area contributed by atoms with Crippen molar-refractivity contribution in [3.63, 3.8) is 0 Å². The Balaban J connectivity index is 0.00000338. The molecule has 1 aromatic rings. The van der Waals surface area contributed by atoms with Crippen molar-refractivity contribution >= 4 is 24.2 Å². The van der Waals surface area contributed by atoms with Gasteiger partial charge in [0.25, 0.3) is 5.91 Å². The van der Waals surface area contributed by atoms with E-state index < -0.39 is 17.8 Å². The first kappa shape index (κ1) is 22.4. The van der Waals surface area contributed by atoms with Gasteiger partial charge in [-0.25, -0.2) is 4.39 Å². The monoisotopic (exact) mass is 385 g/mol. The first-order valence-corrected chi connectivity index (χ1v) is 8.73. The van der Waals surface area contributed by atoms with Crippen LogP contribution in [0.15, 0.2) is 24.3 Å². The number of likely N-dealkylation sites (tertiary alicyclic amines) is 1. The maximum atomic E-state index is 13.8. The second-order valence-corrected chi connectivity index (χ2v) is 7.82. The molecule has 0 bridgehead atoms. The molecule has 0 aromatic heterocycles. The zero-order valence-corrected chi connectivity index (χ0v) is 16.6. The van der Waals surface area contributed by atoms with Gasteiger partial charge in [0.2, 0.25) is 5.91 Å². The molecule has 1 fully saturated rings. The van der Waals surface area contributed by atoms with Crippen LogP contribution in [0.5, 0.6) is 0 Å². The third kappa shape index (κ3) is 4.95. The van der Waals surface area contributed by atoms with Crippen molar-refractivity contribution < 1.29 is 14.0 Å². The normalized spacial score (nSPS) is 20.3. The van der Waals surface area contributed by atoms with E-state index in [1.54, 1.807) is 11.0 Å². The molecule has 146 valence electrons. The van der Waals surface area contributed by atoms with Gasteiger partial charge in [-0.3, -0.25) is 9.59 Å². The van der Waals surface area contributed by atoms with Crippen molar-refractivity contribution in [3.8, 4) is 0 Å². The topological polar surface area (TPSA) is 75.4 Å². The van der Waals surface area contributed by atoms with Gasteiger partial charge in [0.15, 0.2) is 0 Å². The average molecular weight is 386 g/mol. The highest BCUT2D eigenvalue weighted by Crippen LogP contribution is 2.28. The molecule has 1 saturated heterocycles. The molecule has 1 aliphatic heterocycles. The lowest BCUT2D eigenvalue weighted by atomic mass is 9.79. The van der Waals surface area contributed by atoms with Crippen LogP contribution in [0.25, 0.3) is 0 Å². The van der Waals surface area contributed by atoms with Gasteiger partial charge in [-0.05, 0) is 29.9 Å². The third-order valence-electron chi connectivity index (χ3n) is 4.96. The molecule has 1 heterocycles. The Bertz CT molecular complexity index is 651. The molecule has 2 amide bonds. The Labute approximate surface area is 160 Å². The minimum atomic E-state index is -0.697. The summed E-state index contributed by atoms with van der Waals surface area (Å²) in [5, 5.41) is 2.71. The molecular weight excluding hydrogens is 357 g/mol. The summed E-state index contributed by atoms with van der Waals surface area (Å²) in [7, 11) is 0. The van der Waals surface area contributed by atoms with E-state index in [1.165, 1.54) is 18.2 Å². The molecule has 2 rings (SSSR count). The molecule has 0 radical (unpaired) electrons. The molecule has 26 heavy (non-hydrogen) atoms. The van der Waals surface area contributed by atoms with E-state index in [0.717, 1.165) is 6.42 Å². The lowest BCUT2D eigenvalue weighted by Crippen LogP contribution is -2.59. The van der Waals surface area contributed by atoms with Crippen LogP contribution in [0, 0.1) is 17.2 Å². The van der Waals surface area contributed by atoms with Crippen LogP contribution in [0.2, 0.25) is 0 Å². The molecule has 2 atom stereocenters. The van der Waals surface area contributed by atoms with Crippen LogP contribution in [0.4, 0.5) is 4.39 Å². The molecule has 0 aliphatic carbocycles. The number of rotatable bonds is 4. The van der Waals surface area contributed by atoms with Crippen LogP contribution < -0.4 is 11.1 Å². The Hall–Kier alpha value is -1.66. The smallest absolute Gasteiger partial charge is 0.254 e. The first-order valence-electron chi connectivity index (χ1n) is 8.73. The number of piperidine rings is 1. The lowest BCUT2D eigenvalue weighted by Gasteiger charge is -2.44. The Morgan fingerprint density at radius 2 is 1.92 bits per heavy atom. The van der Waals surface area contributed by atoms with E-state index in [1.807, 2.05) is 27.7 Å². The molecule has 7 heteroatoms. The standard InChI is InChI=1S/C19H28FN3O2.ClH/c1-12(2)16(22-17(24)13-7-5-6-8-14(13)20)18(25)23-10-9-15(21)19(3,4)11-23;/h5-8,12,15-16H,9-11,21H2,1-4H3,(H,22,24);1H. The molecule has 1 aliphatic rings. The molecule has 0 spiro atoms. The summed E-state index contributed by atoms with van der Waals surface area (Å²) in [6.07, 6.45) is 0.727. The van der Waals surface area contributed by atoms with Gasteiger partial charge < -0.3 is 16.0 Å². The highest BCUT2D eigenvalue weighted by molar-refractivity contribution is 5.97. The maximum Gasteiger partial charge on any atom is 0.254 e. The molecule has 5 nitrogen and oxygen atoms in total. The van der Waals surface area contributed by atoms with E-state index in [-0.39, 0.29) is 41.3 Å². The van der Waals surface area contributed by atoms with Gasteiger partial charge >= 0.3 is 0 Å². The fraction of sp³-hybridized carbons (Fsp3) is 0.579. The number of nitrogens with one attached hydrogen (secondary N) is 1. The van der Waals surface area contributed by atoms with Crippen LogP contribution in [0.1, 0.15) is 44.5 Å². The first-order chi connectivity index (χ1) is 11.6. The highest BCUT2D eigenvalue weighted by Gasteiger charge is 2.38. The van der Waals surface area contributed by atoms with Crippen molar-refractivity contribution in [2.45, 2.75) is 46.2 Å². The van der Waals surface area contributed by atoms with Gasteiger partial charge in [0.05, 0.1) is 5.56 Å². The van der Waals surface area contributed by atoms with Gasteiger partial charge in [0.1, 0.15) is 11.9 Å². The number of hydrogen-bond acceptors (Lipinski definition) is 3. The van der Waals surface area contributed by atoms with E-state index in [9.17, 15) is 14.0 Å². The summed E-state index contributed by atoms with van der Waals surface area (Å²) in [4.78, 5) is 27.1. The largest absolute Gasteiger partial charge is 0.340 e. The van der Waals surface area contributed by atoms with Crippen molar-refractivity contribution in [1.82, 2.24) is 10.2 Å². The van der Waals surface area contributed by atoms with Crippen LogP contribution >= 0.6 is 12.4 Å². The summed E-state index contributed by atoms with van der Waals surface area (Å²) in [6, 6.07) is 5.11. The number of halogens is 2. The van der Waals surface area contributed by atoms with E-state index in [4.69, 9.17) is 5.73 Å². The predicted octanol–water partition coefficient (Wildman–Crippen LogP) is 2.59. The van der Waals surface area contributed by atoms with Gasteiger partial charge in [-0.2, -0.15) is 0 Å². The van der Waals surface area contributed by atoms with Crippen molar-refractivity contribution in [2.24, 2.45) is 17.1 Å². The van der Waals surface area contributed by atoms with Crippen molar-refractivity contribution in [2.75, 3.05) is 13.1 Å². The summed E-state index contributed by atoms with van der Waals surface area (Å²) in [6.45, 7) is 8.93. The number of carbonyl (C=O) groups excluding carboxylic acids is 2. The molecule has 3 N–H and O–H groups in total. The Morgan fingerprint density at radius 3 is 2.46 bits per heavy atom. The number of nitrogens with two attached hydrogens (primary N) is 1. The van der Waals surface area contributed by atoms with Crippen molar-refractivity contribution in [1.29, 1.82) is 0 Å². The van der Waals surface area contributed by atoms with Crippen molar-refractivity contribution in [3.05, 3.63) is 35.6 Å². The molecule has 2 unspecified atom stereocenters. The summed E-state index contributed by atoms with van der Waals surface area (Å²) in [5.74, 6) is -1.42. The number of benzene rings is 1. The number of amides is 2. The SMILES string of the molecule is CC(C)C(NC(=O)c1ccccc1F)C(=O)N1CCC(N)C(C)(C)C1.Cl. The van der Waals surface area contributed by atoms with Gasteiger partial charge in [-0.1, -0.05) is 39.8 Å². The number of hydrogen-bond donors (Lipinski definition) is 2. The summed E-state index contributed by atoms with van der Waals surface area (Å²) in [5.41, 5.74) is 5.91. The zero-order valence-electron chi connectivity index (χ0n) is 15.8. The fourth-order valence-electron chi connectivity index (χ4n) is 3.14. The fourth-order valence-corrected chi connectivity index (χ4v) is 3.14. The van der Waals surface area contributed by atoms with Gasteiger partial charge in [-0.15, -0.1) is 12.4 Å². The van der Waals surface area contributed by atoms with Crippen LogP contribution in [-0.2, 0) is 4.79 Å². The zero-order chi connectivity index (χ0) is 18.8. The molecular formula is C19H29ClFN3O2. The average Bonchev–Trinajstić information content (AvgIpc) is 2.54. The minimum Gasteiger partial charge on any atom is -0.340 e. The maximum absolute atomic E-state index is 13.8. The number of nitrogens with zero attached hydrogens (tertiary/aromatic N) is 1. The predicted molar refractivity (Wildman–Crippen MR) is 103 cm³/mol. The van der Waals surface area contributed by atoms with Crippen LogP contribution in [-0.4, -0.2) is 41.9 Å². The Morgan fingerprint density at radius 1 is 1.31 bits per heavy atom. The molecule has 1 aromatic carbocycles. The second kappa shape index (κ2) is 8.82. The number of carbonyl (C=O) groups is 2. The van der Waals surface area contributed by atoms with Crippen LogP contribution in [0.3, 0.4) is 0 Å². The lowest BCUT2D eigenvalue weighted by molar-refractivity contribution is -0.137. The Kier molecular flexibility index (Phi) is 7.59. The van der Waals surface area contributed by atoms with E-state index in [0.29, 0.717) is 13.1 Å². The molecule has 0 saturated carbocycles. The minimum absolute atomic E-state index is 0. The van der Waals surface area contributed by atoms with Gasteiger partial charge in [0, 0.05) is 19.1 Å². The third-order valence-corrected chi connectivity index (χ3v) is 4.96. The quantitative estimate of drug-likeness (QED) is 0.836. The highest BCUT2D eigenvalue weighted by atomic mass is 35.5. The van der Waals surface area contributed by atoms with E-state index >= 15 is 0 Å². The second-order valence-electron chi connectivity index (χ2n) is 7.82. The summed E-state index contributed by atoms with van der Waals surface area (Å²) >= 11 is 0. The summed E-state index contributed by atoms with van der Waals surface area (Å²) < 4.78 is 13.8.